The number of benzene rings is 1. The number of hydrogen-bond acceptors (Lipinski definition) is 3. The van der Waals surface area contributed by atoms with Gasteiger partial charge in [-0.05, 0) is 37.8 Å². The molecule has 4 heteroatoms. The normalized spacial score (nSPS) is 16.3. The summed E-state index contributed by atoms with van der Waals surface area (Å²) in [7, 11) is 0. The van der Waals surface area contributed by atoms with Crippen LogP contribution < -0.4 is 10.5 Å². The van der Waals surface area contributed by atoms with Crippen LogP contribution >= 0.6 is 0 Å². The minimum atomic E-state index is 0.606. The largest absolute Gasteiger partial charge is 0.492 e. The quantitative estimate of drug-likeness (QED) is 0.917. The highest BCUT2D eigenvalue weighted by Gasteiger charge is 2.19. The van der Waals surface area contributed by atoms with Gasteiger partial charge in [-0.2, -0.15) is 0 Å². The molecular formula is C15H21N3O. The van der Waals surface area contributed by atoms with Gasteiger partial charge in [-0.1, -0.05) is 18.9 Å². The van der Waals surface area contributed by atoms with Crippen molar-refractivity contribution in [3.05, 3.63) is 18.2 Å². The molecule has 3 rings (SSSR count). The van der Waals surface area contributed by atoms with E-state index in [9.17, 15) is 0 Å². The van der Waals surface area contributed by atoms with Gasteiger partial charge in [0.2, 0.25) is 5.95 Å². The summed E-state index contributed by atoms with van der Waals surface area (Å²) in [4.78, 5) is 4.49. The number of anilines is 1. The molecule has 2 N–H and O–H groups in total. The fourth-order valence-corrected chi connectivity index (χ4v) is 3.05. The van der Waals surface area contributed by atoms with Crippen LogP contribution in [0.1, 0.15) is 32.6 Å². The second-order valence-corrected chi connectivity index (χ2v) is 5.29. The molecule has 1 saturated carbocycles. The molecule has 1 heterocycles. The van der Waals surface area contributed by atoms with Crippen molar-refractivity contribution in [2.24, 2.45) is 5.92 Å². The number of hydrogen-bond donors (Lipinski definition) is 1. The Morgan fingerprint density at radius 3 is 2.89 bits per heavy atom. The van der Waals surface area contributed by atoms with Gasteiger partial charge in [-0.25, -0.2) is 4.98 Å². The lowest BCUT2D eigenvalue weighted by Gasteiger charge is -2.12. The predicted molar refractivity (Wildman–Crippen MR) is 77.3 cm³/mol. The SMILES string of the molecule is CCOc1cccc2c1nc(N)n2CC1CCCC1. The molecule has 1 aromatic heterocycles. The Labute approximate surface area is 113 Å². The first-order chi connectivity index (χ1) is 9.29. The zero-order valence-corrected chi connectivity index (χ0v) is 11.4. The number of para-hydroxylation sites is 1. The third-order valence-corrected chi connectivity index (χ3v) is 3.99. The monoisotopic (exact) mass is 259 g/mol. The van der Waals surface area contributed by atoms with E-state index < -0.39 is 0 Å². The summed E-state index contributed by atoms with van der Waals surface area (Å²) in [6.07, 6.45) is 5.32. The smallest absolute Gasteiger partial charge is 0.201 e. The molecule has 0 amide bonds. The summed E-state index contributed by atoms with van der Waals surface area (Å²) in [6, 6.07) is 6.05. The van der Waals surface area contributed by atoms with Crippen molar-refractivity contribution in [2.75, 3.05) is 12.3 Å². The highest BCUT2D eigenvalue weighted by molar-refractivity contribution is 5.84. The van der Waals surface area contributed by atoms with Gasteiger partial charge in [0, 0.05) is 6.54 Å². The van der Waals surface area contributed by atoms with Crippen molar-refractivity contribution in [2.45, 2.75) is 39.2 Å². The average molecular weight is 259 g/mol. The number of nitrogen functional groups attached to an aromatic ring is 1. The molecule has 0 aliphatic heterocycles. The zero-order chi connectivity index (χ0) is 13.2. The number of aromatic nitrogens is 2. The van der Waals surface area contributed by atoms with E-state index in [0.29, 0.717) is 12.6 Å². The third kappa shape index (κ3) is 2.27. The van der Waals surface area contributed by atoms with Crippen molar-refractivity contribution in [1.29, 1.82) is 0 Å². The lowest BCUT2D eigenvalue weighted by Crippen LogP contribution is -2.10. The molecule has 0 bridgehead atoms. The van der Waals surface area contributed by atoms with Gasteiger partial charge in [0.05, 0.1) is 12.1 Å². The van der Waals surface area contributed by atoms with E-state index in [2.05, 4.69) is 15.6 Å². The minimum Gasteiger partial charge on any atom is -0.492 e. The van der Waals surface area contributed by atoms with Gasteiger partial charge in [0.1, 0.15) is 11.3 Å². The molecule has 4 nitrogen and oxygen atoms in total. The van der Waals surface area contributed by atoms with E-state index in [1.54, 1.807) is 0 Å². The molecule has 0 spiro atoms. The second-order valence-electron chi connectivity index (χ2n) is 5.29. The first-order valence-electron chi connectivity index (χ1n) is 7.17. The summed E-state index contributed by atoms with van der Waals surface area (Å²) in [5.41, 5.74) is 8.07. The van der Waals surface area contributed by atoms with Crippen molar-refractivity contribution < 1.29 is 4.74 Å². The summed E-state index contributed by atoms with van der Waals surface area (Å²) >= 11 is 0. The molecule has 1 aliphatic rings. The highest BCUT2D eigenvalue weighted by atomic mass is 16.5. The van der Waals surface area contributed by atoms with Gasteiger partial charge in [-0.15, -0.1) is 0 Å². The Bertz CT molecular complexity index is 570. The van der Waals surface area contributed by atoms with E-state index in [1.165, 1.54) is 25.7 Å². The molecular weight excluding hydrogens is 238 g/mol. The van der Waals surface area contributed by atoms with Crippen LogP contribution in [0, 0.1) is 5.92 Å². The average Bonchev–Trinajstić information content (AvgIpc) is 3.01. The van der Waals surface area contributed by atoms with Crippen molar-refractivity contribution in [1.82, 2.24) is 9.55 Å². The number of ether oxygens (including phenoxy) is 1. The first-order valence-corrected chi connectivity index (χ1v) is 7.17. The minimum absolute atomic E-state index is 0.606. The molecule has 1 aromatic carbocycles. The molecule has 1 fully saturated rings. The van der Waals surface area contributed by atoms with Crippen LogP contribution in [0.5, 0.6) is 5.75 Å². The lowest BCUT2D eigenvalue weighted by atomic mass is 10.1. The Kier molecular flexibility index (Phi) is 3.32. The van der Waals surface area contributed by atoms with Crippen LogP contribution in [0.3, 0.4) is 0 Å². The molecule has 102 valence electrons. The summed E-state index contributed by atoms with van der Waals surface area (Å²) in [5.74, 6) is 2.18. The first kappa shape index (κ1) is 12.3. The van der Waals surface area contributed by atoms with Gasteiger partial charge in [0.15, 0.2) is 0 Å². The summed E-state index contributed by atoms with van der Waals surface area (Å²) in [5, 5.41) is 0. The van der Waals surface area contributed by atoms with E-state index in [1.807, 2.05) is 19.1 Å². The number of fused-ring (bicyclic) bond motifs is 1. The topological polar surface area (TPSA) is 53.1 Å². The van der Waals surface area contributed by atoms with E-state index in [-0.39, 0.29) is 0 Å². The van der Waals surface area contributed by atoms with E-state index in [0.717, 1.165) is 29.2 Å². The number of rotatable bonds is 4. The van der Waals surface area contributed by atoms with Crippen LogP contribution in [0.4, 0.5) is 5.95 Å². The molecule has 1 aliphatic carbocycles. The summed E-state index contributed by atoms with van der Waals surface area (Å²) in [6.45, 7) is 3.62. The van der Waals surface area contributed by atoms with Crippen molar-refractivity contribution in [3.63, 3.8) is 0 Å². The van der Waals surface area contributed by atoms with Crippen LogP contribution in [0.15, 0.2) is 18.2 Å². The molecule has 0 unspecified atom stereocenters. The van der Waals surface area contributed by atoms with Gasteiger partial charge < -0.3 is 15.0 Å². The van der Waals surface area contributed by atoms with Crippen LogP contribution in [0.25, 0.3) is 11.0 Å². The lowest BCUT2D eigenvalue weighted by molar-refractivity contribution is 0.343. The molecule has 19 heavy (non-hydrogen) atoms. The van der Waals surface area contributed by atoms with Gasteiger partial charge in [0.25, 0.3) is 0 Å². The standard InChI is InChI=1S/C15H21N3O/c1-2-19-13-9-5-8-12-14(13)17-15(16)18(12)10-11-6-3-4-7-11/h5,8-9,11H,2-4,6-7,10H2,1H3,(H2,16,17). The fourth-order valence-electron chi connectivity index (χ4n) is 3.05. The van der Waals surface area contributed by atoms with E-state index in [4.69, 9.17) is 10.5 Å². The highest BCUT2D eigenvalue weighted by Crippen LogP contribution is 2.31. The Morgan fingerprint density at radius 2 is 2.16 bits per heavy atom. The maximum absolute atomic E-state index is 6.09. The third-order valence-electron chi connectivity index (χ3n) is 3.99. The van der Waals surface area contributed by atoms with Gasteiger partial charge in [-0.3, -0.25) is 0 Å². The van der Waals surface area contributed by atoms with Crippen LogP contribution in [-0.2, 0) is 6.54 Å². The number of nitrogens with zero attached hydrogens (tertiary/aromatic N) is 2. The predicted octanol–water partition coefficient (Wildman–Crippen LogP) is 3.21. The van der Waals surface area contributed by atoms with Crippen LogP contribution in [0.2, 0.25) is 0 Å². The van der Waals surface area contributed by atoms with Crippen molar-refractivity contribution >= 4 is 17.0 Å². The Balaban J connectivity index is 1.99. The van der Waals surface area contributed by atoms with E-state index >= 15 is 0 Å². The maximum atomic E-state index is 6.09. The number of imidazole rings is 1. The Hall–Kier alpha value is -1.71. The number of nitrogens with two attached hydrogens (primary N) is 1. The van der Waals surface area contributed by atoms with Gasteiger partial charge >= 0.3 is 0 Å². The van der Waals surface area contributed by atoms with Crippen molar-refractivity contribution in [3.8, 4) is 5.75 Å². The second kappa shape index (κ2) is 5.11. The Morgan fingerprint density at radius 1 is 1.37 bits per heavy atom. The van der Waals surface area contributed by atoms with Crippen LogP contribution in [-0.4, -0.2) is 16.2 Å². The maximum Gasteiger partial charge on any atom is 0.201 e. The summed E-state index contributed by atoms with van der Waals surface area (Å²) < 4.78 is 7.77. The molecule has 0 saturated heterocycles. The molecule has 2 aromatic rings. The molecule has 0 radical (unpaired) electrons. The molecule has 0 atom stereocenters. The zero-order valence-electron chi connectivity index (χ0n) is 11.4. The fraction of sp³-hybridized carbons (Fsp3) is 0.533.